The van der Waals surface area contributed by atoms with Gasteiger partial charge in [0.2, 0.25) is 5.91 Å². The number of hydrogen-bond acceptors (Lipinski definition) is 2. The van der Waals surface area contributed by atoms with E-state index in [0.717, 1.165) is 17.4 Å². The maximum Gasteiger partial charge on any atom is 0.418 e. The summed E-state index contributed by atoms with van der Waals surface area (Å²) in [5, 5.41) is 2.39. The van der Waals surface area contributed by atoms with Crippen LogP contribution in [0.2, 0.25) is 0 Å². The third-order valence-corrected chi connectivity index (χ3v) is 6.23. The average Bonchev–Trinajstić information content (AvgIpc) is 2.73. The number of amides is 2. The smallest absolute Gasteiger partial charge is 0.331 e. The van der Waals surface area contributed by atoms with Gasteiger partial charge in [-0.1, -0.05) is 44.2 Å². The van der Waals surface area contributed by atoms with Crippen molar-refractivity contribution in [2.45, 2.75) is 51.1 Å². The highest BCUT2D eigenvalue weighted by Crippen LogP contribution is 2.34. The van der Waals surface area contributed by atoms with Gasteiger partial charge in [0.1, 0.15) is 0 Å². The minimum Gasteiger partial charge on any atom is -0.331 e. The Balaban J connectivity index is 1.41. The molecule has 2 fully saturated rings. The van der Waals surface area contributed by atoms with E-state index >= 15 is 0 Å². The molecule has 2 amide bonds. The Morgan fingerprint density at radius 2 is 1.73 bits per heavy atom. The van der Waals surface area contributed by atoms with Crippen LogP contribution in [0, 0.1) is 5.92 Å². The summed E-state index contributed by atoms with van der Waals surface area (Å²) in [6.07, 6.45) is 3.37. The van der Waals surface area contributed by atoms with Gasteiger partial charge in [-0.2, -0.15) is 13.2 Å². The molecule has 5 nitrogen and oxygen atoms in total. The van der Waals surface area contributed by atoms with E-state index in [1.54, 1.807) is 0 Å². The first kappa shape index (κ1) is 22.6. The molecular weight excluding hydrogens is 395 g/mol. The number of rotatable bonds is 6. The fourth-order valence-electron chi connectivity index (χ4n) is 4.47. The van der Waals surface area contributed by atoms with Crippen LogP contribution in [-0.4, -0.2) is 49.4 Å². The summed E-state index contributed by atoms with van der Waals surface area (Å²) in [5.74, 6) is 0.417. The van der Waals surface area contributed by atoms with Crippen molar-refractivity contribution >= 4 is 17.5 Å². The molecule has 1 aliphatic carbocycles. The molecule has 0 atom stereocenters. The zero-order valence-corrected chi connectivity index (χ0v) is 17.3. The zero-order chi connectivity index (χ0) is 21.6. The van der Waals surface area contributed by atoms with E-state index in [-0.39, 0.29) is 18.1 Å². The van der Waals surface area contributed by atoms with Crippen molar-refractivity contribution < 1.29 is 27.7 Å². The molecule has 0 spiro atoms. The number of para-hydroxylation sites is 1. The van der Waals surface area contributed by atoms with Gasteiger partial charge in [-0.15, -0.1) is 0 Å². The summed E-state index contributed by atoms with van der Waals surface area (Å²) in [6, 6.07) is 4.99. The highest BCUT2D eigenvalue weighted by Gasteiger charge is 2.34. The number of carbonyl (C=O) groups is 2. The minimum absolute atomic E-state index is 0.0935. The SMILES string of the molecule is O=C(C[NH+]1CCN(C(=O)CCC2CCCCC2)CC1)Nc1ccccc1C(F)(F)F. The quantitative estimate of drug-likeness (QED) is 0.735. The van der Waals surface area contributed by atoms with Gasteiger partial charge in [0.05, 0.1) is 37.4 Å². The largest absolute Gasteiger partial charge is 0.418 e. The monoisotopic (exact) mass is 426 g/mol. The highest BCUT2D eigenvalue weighted by molar-refractivity contribution is 5.92. The number of alkyl halides is 3. The third kappa shape index (κ3) is 6.45. The van der Waals surface area contributed by atoms with Crippen LogP contribution in [0.5, 0.6) is 0 Å². The summed E-state index contributed by atoms with van der Waals surface area (Å²) < 4.78 is 39.2. The highest BCUT2D eigenvalue weighted by atomic mass is 19.4. The molecule has 1 aliphatic heterocycles. The van der Waals surface area contributed by atoms with Crippen molar-refractivity contribution in [2.24, 2.45) is 5.92 Å². The number of benzene rings is 1. The second-order valence-electron chi connectivity index (χ2n) is 8.44. The van der Waals surface area contributed by atoms with E-state index in [1.807, 2.05) is 4.90 Å². The summed E-state index contributed by atoms with van der Waals surface area (Å²) in [5.41, 5.74) is -1.06. The first-order valence-electron chi connectivity index (χ1n) is 10.9. The van der Waals surface area contributed by atoms with Crippen molar-refractivity contribution in [1.29, 1.82) is 0 Å². The van der Waals surface area contributed by atoms with Gasteiger partial charge in [-0.3, -0.25) is 9.59 Å². The molecule has 8 heteroatoms. The lowest BCUT2D eigenvalue weighted by Gasteiger charge is -2.32. The second-order valence-corrected chi connectivity index (χ2v) is 8.44. The average molecular weight is 427 g/mol. The number of hydrogen-bond donors (Lipinski definition) is 2. The van der Waals surface area contributed by atoms with Crippen molar-refractivity contribution in [3.05, 3.63) is 29.8 Å². The normalized spacial score (nSPS) is 19.0. The maximum atomic E-state index is 13.1. The van der Waals surface area contributed by atoms with Gasteiger partial charge < -0.3 is 15.1 Å². The number of nitrogens with one attached hydrogen (secondary N) is 2. The molecule has 1 saturated heterocycles. The van der Waals surface area contributed by atoms with Crippen molar-refractivity contribution in [3.63, 3.8) is 0 Å². The Labute approximate surface area is 175 Å². The first-order valence-corrected chi connectivity index (χ1v) is 10.9. The fourth-order valence-corrected chi connectivity index (χ4v) is 4.47. The predicted molar refractivity (Wildman–Crippen MR) is 108 cm³/mol. The van der Waals surface area contributed by atoms with Gasteiger partial charge in [-0.05, 0) is 24.5 Å². The molecule has 30 heavy (non-hydrogen) atoms. The second kappa shape index (κ2) is 10.3. The van der Waals surface area contributed by atoms with Crippen molar-refractivity contribution in [1.82, 2.24) is 4.90 Å². The van der Waals surface area contributed by atoms with E-state index in [2.05, 4.69) is 5.32 Å². The molecule has 1 aromatic carbocycles. The Morgan fingerprint density at radius 1 is 1.07 bits per heavy atom. The number of carbonyl (C=O) groups excluding carboxylic acids is 2. The van der Waals surface area contributed by atoms with Crippen molar-refractivity contribution in [2.75, 3.05) is 38.0 Å². The van der Waals surface area contributed by atoms with E-state index in [9.17, 15) is 22.8 Å². The molecule has 1 aromatic rings. The van der Waals surface area contributed by atoms with E-state index in [0.29, 0.717) is 38.5 Å². The number of quaternary nitrogens is 1. The van der Waals surface area contributed by atoms with Crippen LogP contribution in [0.25, 0.3) is 0 Å². The molecule has 0 aromatic heterocycles. The standard InChI is InChI=1S/C22H30F3N3O2/c23-22(24,25)18-8-4-5-9-19(18)26-20(29)16-27-12-14-28(15-13-27)21(30)11-10-17-6-2-1-3-7-17/h4-5,8-9,17H,1-3,6-7,10-16H2,(H,26,29)/p+1. The molecule has 0 unspecified atom stereocenters. The van der Waals surface area contributed by atoms with Crippen LogP contribution in [0.4, 0.5) is 18.9 Å². The van der Waals surface area contributed by atoms with Crippen LogP contribution in [0.1, 0.15) is 50.5 Å². The van der Waals surface area contributed by atoms with Crippen LogP contribution >= 0.6 is 0 Å². The lowest BCUT2D eigenvalue weighted by atomic mass is 9.86. The summed E-state index contributed by atoms with van der Waals surface area (Å²) in [7, 11) is 0. The molecular formula is C22H31F3N3O2+. The first-order chi connectivity index (χ1) is 14.3. The molecule has 166 valence electrons. The number of halogens is 3. The van der Waals surface area contributed by atoms with Gasteiger partial charge in [0.25, 0.3) is 5.91 Å². The number of nitrogens with zero attached hydrogens (tertiary/aromatic N) is 1. The molecule has 1 saturated carbocycles. The third-order valence-electron chi connectivity index (χ3n) is 6.23. The molecule has 0 bridgehead atoms. The van der Waals surface area contributed by atoms with Gasteiger partial charge >= 0.3 is 6.18 Å². The maximum absolute atomic E-state index is 13.1. The van der Waals surface area contributed by atoms with Gasteiger partial charge in [0, 0.05) is 6.42 Å². The Kier molecular flexibility index (Phi) is 7.75. The molecule has 0 radical (unpaired) electrons. The molecule has 1 heterocycles. The zero-order valence-electron chi connectivity index (χ0n) is 17.3. The lowest BCUT2D eigenvalue weighted by Crippen LogP contribution is -3.15. The molecule has 3 rings (SSSR count). The Bertz CT molecular complexity index is 725. The van der Waals surface area contributed by atoms with Gasteiger partial charge in [0.15, 0.2) is 6.54 Å². The van der Waals surface area contributed by atoms with E-state index in [4.69, 9.17) is 0 Å². The van der Waals surface area contributed by atoms with E-state index in [1.165, 1.54) is 50.3 Å². The summed E-state index contributed by atoms with van der Waals surface area (Å²) in [4.78, 5) is 27.6. The summed E-state index contributed by atoms with van der Waals surface area (Å²) >= 11 is 0. The minimum atomic E-state index is -4.51. The topological polar surface area (TPSA) is 53.9 Å². The van der Waals surface area contributed by atoms with Crippen molar-refractivity contribution in [3.8, 4) is 0 Å². The van der Waals surface area contributed by atoms with Crippen LogP contribution < -0.4 is 10.2 Å². The molecule has 2 N–H and O–H groups in total. The number of piperazine rings is 1. The fraction of sp³-hybridized carbons (Fsp3) is 0.636. The Morgan fingerprint density at radius 3 is 2.40 bits per heavy atom. The Hall–Kier alpha value is -2.09. The van der Waals surface area contributed by atoms with Crippen LogP contribution in [0.3, 0.4) is 0 Å². The lowest BCUT2D eigenvalue weighted by molar-refractivity contribution is -0.895. The number of anilines is 1. The van der Waals surface area contributed by atoms with Crippen LogP contribution in [-0.2, 0) is 15.8 Å². The van der Waals surface area contributed by atoms with Gasteiger partial charge in [-0.25, -0.2) is 0 Å². The molecule has 2 aliphatic rings. The van der Waals surface area contributed by atoms with E-state index < -0.39 is 17.6 Å². The summed E-state index contributed by atoms with van der Waals surface area (Å²) in [6.45, 7) is 2.53. The predicted octanol–water partition coefficient (Wildman–Crippen LogP) is 2.73. The van der Waals surface area contributed by atoms with Crippen LogP contribution in [0.15, 0.2) is 24.3 Å².